The Morgan fingerprint density at radius 1 is 1.15 bits per heavy atom. The minimum absolute atomic E-state index is 0.672. The van der Waals surface area contributed by atoms with Crippen LogP contribution in [0.25, 0.3) is 17.1 Å². The predicted octanol–water partition coefficient (Wildman–Crippen LogP) is 2.76. The van der Waals surface area contributed by atoms with Gasteiger partial charge in [-0.3, -0.25) is 0 Å². The fourth-order valence-corrected chi connectivity index (χ4v) is 1.94. The van der Waals surface area contributed by atoms with E-state index < -0.39 is 0 Å². The summed E-state index contributed by atoms with van der Waals surface area (Å²) in [6.07, 6.45) is 5.46. The van der Waals surface area contributed by atoms with Crippen molar-refractivity contribution < 1.29 is 0 Å². The van der Waals surface area contributed by atoms with Gasteiger partial charge in [0.2, 0.25) is 0 Å². The van der Waals surface area contributed by atoms with Crippen LogP contribution in [-0.2, 0) is 0 Å². The highest BCUT2D eigenvalue weighted by atomic mass is 15.3. The minimum atomic E-state index is 0.672. The van der Waals surface area contributed by atoms with E-state index in [0.29, 0.717) is 5.82 Å². The third kappa shape index (κ3) is 2.51. The maximum atomic E-state index is 4.46. The van der Waals surface area contributed by atoms with Crippen LogP contribution in [0.15, 0.2) is 55.0 Å². The van der Waals surface area contributed by atoms with E-state index in [-0.39, 0.29) is 0 Å². The number of hydrogen-bond donors (Lipinski definition) is 1. The molecule has 20 heavy (non-hydrogen) atoms. The molecule has 2 aromatic heterocycles. The molecule has 5 nitrogen and oxygen atoms in total. The Bertz CT molecular complexity index is 690. The SMILES string of the molecule is CCNc1ccnc(-c2cnn(-c3ccccc3)c2)n1. The molecule has 1 N–H and O–H groups in total. The molecule has 1 aromatic carbocycles. The second-order valence-electron chi connectivity index (χ2n) is 4.30. The number of benzene rings is 1. The molecule has 0 atom stereocenters. The van der Waals surface area contributed by atoms with E-state index in [1.807, 2.05) is 54.2 Å². The van der Waals surface area contributed by atoms with E-state index in [4.69, 9.17) is 0 Å². The lowest BCUT2D eigenvalue weighted by atomic mass is 10.3. The monoisotopic (exact) mass is 265 g/mol. The number of nitrogens with zero attached hydrogens (tertiary/aromatic N) is 4. The average molecular weight is 265 g/mol. The molecule has 5 heteroatoms. The number of rotatable bonds is 4. The highest BCUT2D eigenvalue weighted by molar-refractivity contribution is 5.55. The molecule has 3 aromatic rings. The minimum Gasteiger partial charge on any atom is -0.370 e. The molecule has 0 bridgehead atoms. The summed E-state index contributed by atoms with van der Waals surface area (Å²) in [6, 6.07) is 11.8. The highest BCUT2D eigenvalue weighted by Gasteiger charge is 2.06. The lowest BCUT2D eigenvalue weighted by Gasteiger charge is -2.02. The molecular formula is C15H15N5. The molecular weight excluding hydrogens is 250 g/mol. The lowest BCUT2D eigenvalue weighted by molar-refractivity contribution is 0.880. The first-order valence-electron chi connectivity index (χ1n) is 6.54. The van der Waals surface area contributed by atoms with Crippen molar-refractivity contribution in [1.29, 1.82) is 0 Å². The van der Waals surface area contributed by atoms with Crippen molar-refractivity contribution in [3.05, 3.63) is 55.0 Å². The van der Waals surface area contributed by atoms with Gasteiger partial charge >= 0.3 is 0 Å². The highest BCUT2D eigenvalue weighted by Crippen LogP contribution is 2.17. The van der Waals surface area contributed by atoms with Gasteiger partial charge in [-0.2, -0.15) is 5.10 Å². The first-order chi connectivity index (χ1) is 9.86. The fourth-order valence-electron chi connectivity index (χ4n) is 1.94. The zero-order valence-electron chi connectivity index (χ0n) is 11.2. The van der Waals surface area contributed by atoms with Crippen molar-refractivity contribution in [2.24, 2.45) is 0 Å². The summed E-state index contributed by atoms with van der Waals surface area (Å²) in [5, 5.41) is 7.53. The van der Waals surface area contributed by atoms with E-state index >= 15 is 0 Å². The van der Waals surface area contributed by atoms with Gasteiger partial charge in [0.05, 0.1) is 17.4 Å². The van der Waals surface area contributed by atoms with Crippen LogP contribution in [0.3, 0.4) is 0 Å². The van der Waals surface area contributed by atoms with Crippen molar-refractivity contribution in [3.63, 3.8) is 0 Å². The molecule has 0 amide bonds. The van der Waals surface area contributed by atoms with Crippen molar-refractivity contribution in [1.82, 2.24) is 19.7 Å². The zero-order valence-corrected chi connectivity index (χ0v) is 11.2. The normalized spacial score (nSPS) is 10.4. The van der Waals surface area contributed by atoms with E-state index in [1.54, 1.807) is 12.4 Å². The fraction of sp³-hybridized carbons (Fsp3) is 0.133. The third-order valence-corrected chi connectivity index (χ3v) is 2.87. The summed E-state index contributed by atoms with van der Waals surface area (Å²) in [5.41, 5.74) is 1.91. The molecule has 0 unspecified atom stereocenters. The molecule has 2 heterocycles. The lowest BCUT2D eigenvalue weighted by Crippen LogP contribution is -2.00. The summed E-state index contributed by atoms with van der Waals surface area (Å²) in [7, 11) is 0. The summed E-state index contributed by atoms with van der Waals surface area (Å²) in [4.78, 5) is 8.76. The van der Waals surface area contributed by atoms with Gasteiger partial charge in [0.25, 0.3) is 0 Å². The Kier molecular flexibility index (Phi) is 3.41. The van der Waals surface area contributed by atoms with Gasteiger partial charge in [0.15, 0.2) is 5.82 Å². The molecule has 0 radical (unpaired) electrons. The van der Waals surface area contributed by atoms with Crippen molar-refractivity contribution in [2.75, 3.05) is 11.9 Å². The van der Waals surface area contributed by atoms with Gasteiger partial charge in [-0.1, -0.05) is 18.2 Å². The van der Waals surface area contributed by atoms with Crippen LogP contribution in [0.1, 0.15) is 6.92 Å². The standard InChI is InChI=1S/C15H15N5/c1-2-16-14-8-9-17-15(19-14)12-10-18-20(11-12)13-6-4-3-5-7-13/h3-11H,2H2,1H3,(H,16,17,19). The molecule has 0 saturated heterocycles. The largest absolute Gasteiger partial charge is 0.370 e. The first kappa shape index (κ1) is 12.3. The van der Waals surface area contributed by atoms with Crippen LogP contribution in [-0.4, -0.2) is 26.3 Å². The predicted molar refractivity (Wildman–Crippen MR) is 78.8 cm³/mol. The Hall–Kier alpha value is -2.69. The van der Waals surface area contributed by atoms with Gasteiger partial charge in [-0.25, -0.2) is 14.6 Å². The first-order valence-corrected chi connectivity index (χ1v) is 6.54. The Morgan fingerprint density at radius 2 is 2.00 bits per heavy atom. The number of aromatic nitrogens is 4. The quantitative estimate of drug-likeness (QED) is 0.788. The van der Waals surface area contributed by atoms with Crippen molar-refractivity contribution >= 4 is 5.82 Å². The van der Waals surface area contributed by atoms with Crippen LogP contribution in [0, 0.1) is 0 Å². The molecule has 0 saturated carbocycles. The van der Waals surface area contributed by atoms with Crippen LogP contribution in [0.5, 0.6) is 0 Å². The van der Waals surface area contributed by atoms with Crippen LogP contribution in [0.4, 0.5) is 5.82 Å². The number of hydrogen-bond acceptors (Lipinski definition) is 4. The van der Waals surface area contributed by atoms with E-state index in [9.17, 15) is 0 Å². The maximum absolute atomic E-state index is 4.46. The van der Waals surface area contributed by atoms with Gasteiger partial charge in [0, 0.05) is 18.9 Å². The molecule has 3 rings (SSSR count). The Morgan fingerprint density at radius 3 is 2.80 bits per heavy atom. The van der Waals surface area contributed by atoms with Gasteiger partial charge < -0.3 is 5.32 Å². The molecule has 0 aliphatic heterocycles. The number of para-hydroxylation sites is 1. The zero-order chi connectivity index (χ0) is 13.8. The number of nitrogens with one attached hydrogen (secondary N) is 1. The van der Waals surface area contributed by atoms with E-state index in [1.165, 1.54) is 0 Å². The Balaban J connectivity index is 1.92. The van der Waals surface area contributed by atoms with Gasteiger partial charge in [-0.05, 0) is 25.1 Å². The van der Waals surface area contributed by atoms with Crippen LogP contribution >= 0.6 is 0 Å². The van der Waals surface area contributed by atoms with E-state index in [0.717, 1.165) is 23.6 Å². The second-order valence-corrected chi connectivity index (χ2v) is 4.30. The maximum Gasteiger partial charge on any atom is 0.164 e. The summed E-state index contributed by atoms with van der Waals surface area (Å²) in [6.45, 7) is 2.87. The topological polar surface area (TPSA) is 55.6 Å². The molecule has 0 spiro atoms. The molecule has 100 valence electrons. The second kappa shape index (κ2) is 5.52. The molecule has 0 aliphatic carbocycles. The summed E-state index contributed by atoms with van der Waals surface area (Å²) in [5.74, 6) is 1.50. The average Bonchev–Trinajstić information content (AvgIpc) is 2.99. The third-order valence-electron chi connectivity index (χ3n) is 2.87. The van der Waals surface area contributed by atoms with Crippen LogP contribution < -0.4 is 5.32 Å². The van der Waals surface area contributed by atoms with Crippen molar-refractivity contribution in [2.45, 2.75) is 6.92 Å². The smallest absolute Gasteiger partial charge is 0.164 e. The summed E-state index contributed by atoms with van der Waals surface area (Å²) < 4.78 is 1.82. The van der Waals surface area contributed by atoms with Crippen LogP contribution in [0.2, 0.25) is 0 Å². The summed E-state index contributed by atoms with van der Waals surface area (Å²) >= 11 is 0. The number of anilines is 1. The molecule has 0 aliphatic rings. The van der Waals surface area contributed by atoms with Gasteiger partial charge in [-0.15, -0.1) is 0 Å². The Labute approximate surface area is 117 Å². The van der Waals surface area contributed by atoms with Crippen molar-refractivity contribution in [3.8, 4) is 17.1 Å². The van der Waals surface area contributed by atoms with Gasteiger partial charge in [0.1, 0.15) is 5.82 Å². The van der Waals surface area contributed by atoms with E-state index in [2.05, 4.69) is 20.4 Å². The molecule has 0 fully saturated rings.